The van der Waals surface area contributed by atoms with Crippen molar-refractivity contribution in [2.24, 2.45) is 11.8 Å². The van der Waals surface area contributed by atoms with E-state index in [1.807, 2.05) is 18.2 Å². The summed E-state index contributed by atoms with van der Waals surface area (Å²) in [4.78, 5) is 12.7. The van der Waals surface area contributed by atoms with Crippen LogP contribution in [0.1, 0.15) is 150 Å². The number of ether oxygens (including phenoxy) is 1. The number of carbonyl (C=O) groups excluding carboxylic acids is 1. The maximum Gasteiger partial charge on any atom is 0.306 e. The lowest BCUT2D eigenvalue weighted by Crippen LogP contribution is -2.28. The standard InChI is InChI=1S/C38H66O5/c1-6-7-8-9-10-11-12-13-14-15-16-17-18-19-20-25-36(40)43-31-33(24-22-27-37(3,4)41)34-26-29-38(5,42)28-21-23-32(2)35(34)30-39/h21-22,24,27-28,34-35,39,41-42H,2,6-20,23,25-26,29-31H2,1,3-5H3. The van der Waals surface area contributed by atoms with Crippen LogP contribution in [-0.2, 0) is 9.53 Å². The Labute approximate surface area is 264 Å². The van der Waals surface area contributed by atoms with Crippen molar-refractivity contribution in [1.82, 2.24) is 0 Å². The molecule has 0 fully saturated rings. The lowest BCUT2D eigenvalue weighted by atomic mass is 9.77. The van der Waals surface area contributed by atoms with E-state index in [1.165, 1.54) is 77.0 Å². The van der Waals surface area contributed by atoms with Crippen molar-refractivity contribution in [2.75, 3.05) is 13.2 Å². The first-order valence-corrected chi connectivity index (χ1v) is 17.4. The Kier molecular flexibility index (Phi) is 20.8. The third-order valence-corrected chi connectivity index (χ3v) is 8.70. The van der Waals surface area contributed by atoms with Gasteiger partial charge in [0, 0.05) is 12.3 Å². The SMILES string of the molecule is C=C1CC=CC(C)(O)CCC(C(=CC=CC(C)(C)O)COC(=O)CCCCCCCCCCCCCCCCC)C1CO. The molecule has 3 N–H and O–H groups in total. The predicted octanol–water partition coefficient (Wildman–Crippen LogP) is 9.32. The van der Waals surface area contributed by atoms with E-state index in [2.05, 4.69) is 13.5 Å². The van der Waals surface area contributed by atoms with Crippen molar-refractivity contribution in [3.8, 4) is 0 Å². The summed E-state index contributed by atoms with van der Waals surface area (Å²) in [7, 11) is 0. The number of esters is 1. The fourth-order valence-corrected chi connectivity index (χ4v) is 5.90. The molecule has 1 aliphatic carbocycles. The van der Waals surface area contributed by atoms with Crippen molar-refractivity contribution in [3.05, 3.63) is 48.1 Å². The van der Waals surface area contributed by atoms with Gasteiger partial charge in [-0.15, -0.1) is 0 Å². The summed E-state index contributed by atoms with van der Waals surface area (Å²) in [6.07, 6.45) is 30.5. The molecule has 0 heterocycles. The largest absolute Gasteiger partial charge is 0.461 e. The van der Waals surface area contributed by atoms with E-state index in [-0.39, 0.29) is 31.0 Å². The highest BCUT2D eigenvalue weighted by Gasteiger charge is 2.30. The van der Waals surface area contributed by atoms with Crippen LogP contribution in [0.5, 0.6) is 0 Å². The molecule has 3 atom stereocenters. The molecule has 0 aromatic rings. The summed E-state index contributed by atoms with van der Waals surface area (Å²) in [5.41, 5.74) is -0.176. The fraction of sp³-hybridized carbons (Fsp3) is 0.763. The summed E-state index contributed by atoms with van der Waals surface area (Å²) in [5.74, 6) is -0.563. The van der Waals surface area contributed by atoms with Crippen molar-refractivity contribution in [3.63, 3.8) is 0 Å². The highest BCUT2D eigenvalue weighted by atomic mass is 16.5. The van der Waals surface area contributed by atoms with Gasteiger partial charge in [-0.1, -0.05) is 139 Å². The van der Waals surface area contributed by atoms with Crippen LogP contribution < -0.4 is 0 Å². The highest BCUT2D eigenvalue weighted by Crippen LogP contribution is 2.36. The molecule has 5 heteroatoms. The number of hydrogen-bond donors (Lipinski definition) is 3. The molecule has 0 aliphatic heterocycles. The van der Waals surface area contributed by atoms with Gasteiger partial charge in [-0.3, -0.25) is 4.79 Å². The Morgan fingerprint density at radius 2 is 1.53 bits per heavy atom. The van der Waals surface area contributed by atoms with Gasteiger partial charge in [-0.05, 0) is 57.9 Å². The summed E-state index contributed by atoms with van der Waals surface area (Å²) in [5, 5.41) is 31.2. The molecule has 1 aliphatic rings. The van der Waals surface area contributed by atoms with Gasteiger partial charge in [0.05, 0.1) is 17.8 Å². The topological polar surface area (TPSA) is 87.0 Å². The molecule has 0 radical (unpaired) electrons. The van der Waals surface area contributed by atoms with Crippen molar-refractivity contribution >= 4 is 5.97 Å². The molecule has 0 amide bonds. The second-order valence-corrected chi connectivity index (χ2v) is 13.7. The van der Waals surface area contributed by atoms with E-state index in [4.69, 9.17) is 4.74 Å². The van der Waals surface area contributed by atoms with E-state index in [0.29, 0.717) is 25.7 Å². The maximum absolute atomic E-state index is 12.7. The second-order valence-electron chi connectivity index (χ2n) is 13.7. The lowest BCUT2D eigenvalue weighted by molar-refractivity contribution is -0.143. The van der Waals surface area contributed by atoms with Gasteiger partial charge in [-0.2, -0.15) is 0 Å². The number of unbranched alkanes of at least 4 members (excludes halogenated alkanes) is 14. The van der Waals surface area contributed by atoms with Gasteiger partial charge in [0.15, 0.2) is 0 Å². The minimum Gasteiger partial charge on any atom is -0.461 e. The van der Waals surface area contributed by atoms with Crippen LogP contribution in [0.25, 0.3) is 0 Å². The van der Waals surface area contributed by atoms with Gasteiger partial charge < -0.3 is 20.1 Å². The zero-order chi connectivity index (χ0) is 32.0. The summed E-state index contributed by atoms with van der Waals surface area (Å²) >= 11 is 0. The Bertz CT molecular complexity index is 845. The molecule has 0 spiro atoms. The molecule has 248 valence electrons. The van der Waals surface area contributed by atoms with Crippen LogP contribution in [0.2, 0.25) is 0 Å². The second kappa shape index (κ2) is 22.8. The van der Waals surface area contributed by atoms with Gasteiger partial charge in [0.1, 0.15) is 6.61 Å². The number of hydrogen-bond acceptors (Lipinski definition) is 5. The van der Waals surface area contributed by atoms with Crippen LogP contribution >= 0.6 is 0 Å². The van der Waals surface area contributed by atoms with E-state index >= 15 is 0 Å². The molecule has 0 aromatic carbocycles. The zero-order valence-corrected chi connectivity index (χ0v) is 28.3. The van der Waals surface area contributed by atoms with Gasteiger partial charge in [0.25, 0.3) is 0 Å². The monoisotopic (exact) mass is 602 g/mol. The van der Waals surface area contributed by atoms with Gasteiger partial charge in [-0.25, -0.2) is 0 Å². The van der Waals surface area contributed by atoms with Crippen molar-refractivity contribution in [1.29, 1.82) is 0 Å². The molecule has 1 rings (SSSR count). The zero-order valence-electron chi connectivity index (χ0n) is 28.3. The Morgan fingerprint density at radius 1 is 1.00 bits per heavy atom. The van der Waals surface area contributed by atoms with Crippen LogP contribution in [0.15, 0.2) is 48.1 Å². The molecule has 0 aromatic heterocycles. The lowest BCUT2D eigenvalue weighted by Gasteiger charge is -2.30. The Morgan fingerprint density at radius 3 is 2.05 bits per heavy atom. The maximum atomic E-state index is 12.7. The summed E-state index contributed by atoms with van der Waals surface area (Å²) < 4.78 is 5.75. The number of rotatable bonds is 22. The number of carbonyl (C=O) groups is 1. The number of aliphatic hydroxyl groups excluding tert-OH is 1. The molecule has 3 unspecified atom stereocenters. The average Bonchev–Trinajstić information content (AvgIpc) is 2.99. The first kappa shape index (κ1) is 39.3. The Hall–Kier alpha value is -1.69. The minimum atomic E-state index is -0.974. The molecular formula is C38H66O5. The fourth-order valence-electron chi connectivity index (χ4n) is 5.90. The third kappa shape index (κ3) is 20.1. The molecule has 0 saturated carbocycles. The van der Waals surface area contributed by atoms with Gasteiger partial charge >= 0.3 is 5.97 Å². The molecule has 5 nitrogen and oxygen atoms in total. The first-order valence-electron chi connectivity index (χ1n) is 17.4. The average molecular weight is 603 g/mol. The predicted molar refractivity (Wildman–Crippen MR) is 181 cm³/mol. The Balaban J connectivity index is 2.49. The molecule has 0 saturated heterocycles. The van der Waals surface area contributed by atoms with E-state index in [0.717, 1.165) is 30.4 Å². The number of aliphatic hydroxyl groups is 3. The summed E-state index contributed by atoms with van der Waals surface area (Å²) in [6, 6.07) is 0. The number of allylic oxidation sites excluding steroid dienone is 3. The van der Waals surface area contributed by atoms with Crippen molar-refractivity contribution in [2.45, 2.75) is 161 Å². The summed E-state index contributed by atoms with van der Waals surface area (Å²) in [6.45, 7) is 11.7. The first-order chi connectivity index (χ1) is 20.5. The van der Waals surface area contributed by atoms with Crippen molar-refractivity contribution < 1.29 is 24.9 Å². The third-order valence-electron chi connectivity index (χ3n) is 8.70. The minimum absolute atomic E-state index is 0.0703. The van der Waals surface area contributed by atoms with Crippen LogP contribution in [0, 0.1) is 11.8 Å². The normalized spacial score (nSPS) is 22.0. The quantitative estimate of drug-likeness (QED) is 0.0497. The molecular weight excluding hydrogens is 536 g/mol. The van der Waals surface area contributed by atoms with Crippen LogP contribution in [0.4, 0.5) is 0 Å². The van der Waals surface area contributed by atoms with Crippen LogP contribution in [-0.4, -0.2) is 45.7 Å². The van der Waals surface area contributed by atoms with E-state index in [9.17, 15) is 20.1 Å². The van der Waals surface area contributed by atoms with Gasteiger partial charge in [0.2, 0.25) is 0 Å². The van der Waals surface area contributed by atoms with Crippen LogP contribution in [0.3, 0.4) is 0 Å². The highest BCUT2D eigenvalue weighted by molar-refractivity contribution is 5.69. The van der Waals surface area contributed by atoms with E-state index in [1.54, 1.807) is 32.9 Å². The smallest absolute Gasteiger partial charge is 0.306 e. The molecule has 0 bridgehead atoms. The molecule has 43 heavy (non-hydrogen) atoms. The van der Waals surface area contributed by atoms with E-state index < -0.39 is 11.2 Å².